The van der Waals surface area contributed by atoms with Crippen molar-refractivity contribution < 1.29 is 0 Å². The molecule has 1 aromatic heterocycles. The molecule has 0 saturated carbocycles. The van der Waals surface area contributed by atoms with Crippen LogP contribution in [0, 0.1) is 0 Å². The minimum Gasteiger partial charge on any atom is -0.399 e. The van der Waals surface area contributed by atoms with Gasteiger partial charge in [-0.15, -0.1) is 29.9 Å². The molecule has 0 atom stereocenters. The number of nitrogen functional groups attached to an aromatic ring is 1. The topological polar surface area (TPSA) is 51.8 Å². The molecular formula is C8H8Cl3N3S. The maximum absolute atomic E-state index is 5.88. The molecule has 0 amide bonds. The van der Waals surface area contributed by atoms with Gasteiger partial charge in [-0.1, -0.05) is 28.2 Å². The third kappa shape index (κ3) is 3.21. The van der Waals surface area contributed by atoms with Crippen molar-refractivity contribution in [3.63, 3.8) is 0 Å². The lowest BCUT2D eigenvalue weighted by Gasteiger charge is -1.97. The highest BCUT2D eigenvalue weighted by atomic mass is 35.5. The van der Waals surface area contributed by atoms with Gasteiger partial charge in [0.1, 0.15) is 10.0 Å². The number of hydrogen-bond donors (Lipinski definition) is 1. The molecule has 0 unspecified atom stereocenters. The highest BCUT2D eigenvalue weighted by Gasteiger charge is 2.07. The van der Waals surface area contributed by atoms with Crippen LogP contribution in [0.1, 0.15) is 0 Å². The first kappa shape index (κ1) is 14.5. The zero-order valence-electron chi connectivity index (χ0n) is 7.38. The Labute approximate surface area is 109 Å². The third-order valence-electron chi connectivity index (χ3n) is 1.61. The number of nitrogens with zero attached hydrogens (tertiary/aromatic N) is 2. The number of nitrogens with two attached hydrogens (primary N) is 1. The van der Waals surface area contributed by atoms with Gasteiger partial charge in [0, 0.05) is 22.8 Å². The van der Waals surface area contributed by atoms with Crippen LogP contribution in [0.3, 0.4) is 0 Å². The largest absolute Gasteiger partial charge is 0.399 e. The fourth-order valence-corrected chi connectivity index (χ4v) is 1.72. The van der Waals surface area contributed by atoms with E-state index in [0.717, 1.165) is 5.56 Å². The molecule has 0 saturated heterocycles. The number of hydrogen-bond acceptors (Lipinski definition) is 4. The molecule has 0 bridgehead atoms. The lowest BCUT2D eigenvalue weighted by molar-refractivity contribution is 1.16. The molecule has 15 heavy (non-hydrogen) atoms. The lowest BCUT2D eigenvalue weighted by atomic mass is 10.1. The first-order valence-corrected chi connectivity index (χ1v) is 4.76. The van der Waals surface area contributed by atoms with E-state index in [1.54, 1.807) is 0 Å². The van der Waals surface area contributed by atoms with E-state index in [1.807, 2.05) is 24.3 Å². The molecule has 0 spiro atoms. The molecule has 7 heteroatoms. The van der Waals surface area contributed by atoms with Gasteiger partial charge in [0.2, 0.25) is 0 Å². The van der Waals surface area contributed by atoms with E-state index in [2.05, 4.69) is 9.59 Å². The molecule has 1 aromatic carbocycles. The third-order valence-corrected chi connectivity index (χ3v) is 2.51. The summed E-state index contributed by atoms with van der Waals surface area (Å²) >= 11 is 7.05. The maximum Gasteiger partial charge on any atom is 0.142 e. The monoisotopic (exact) mass is 283 g/mol. The summed E-state index contributed by atoms with van der Waals surface area (Å²) in [5.74, 6) is 0. The second-order valence-electron chi connectivity index (χ2n) is 2.52. The smallest absolute Gasteiger partial charge is 0.142 e. The SMILES string of the molecule is Cl.Cl.Nc1cccc(-c2nnsc2Cl)c1. The summed E-state index contributed by atoms with van der Waals surface area (Å²) in [6.45, 7) is 0. The predicted octanol–water partition coefficient (Wildman–Crippen LogP) is 3.28. The summed E-state index contributed by atoms with van der Waals surface area (Å²) in [4.78, 5) is 0. The standard InChI is InChI=1S/C8H6ClN3S.2ClH/c9-8-7(11-12-13-8)5-2-1-3-6(10)4-5;;/h1-4H,10H2;2*1H. The zero-order valence-corrected chi connectivity index (χ0v) is 10.6. The van der Waals surface area contributed by atoms with Crippen LogP contribution < -0.4 is 5.73 Å². The van der Waals surface area contributed by atoms with E-state index in [-0.39, 0.29) is 24.8 Å². The van der Waals surface area contributed by atoms with Crippen LogP contribution in [-0.2, 0) is 0 Å². The van der Waals surface area contributed by atoms with E-state index in [4.69, 9.17) is 17.3 Å². The van der Waals surface area contributed by atoms with Gasteiger partial charge in [-0.25, -0.2) is 0 Å². The second kappa shape index (κ2) is 6.12. The number of halogens is 3. The van der Waals surface area contributed by atoms with E-state index >= 15 is 0 Å². The Kier molecular flexibility index (Phi) is 5.90. The molecular weight excluding hydrogens is 277 g/mol. The molecule has 0 aliphatic heterocycles. The van der Waals surface area contributed by atoms with Crippen LogP contribution in [0.25, 0.3) is 11.3 Å². The first-order chi connectivity index (χ1) is 6.27. The van der Waals surface area contributed by atoms with Gasteiger partial charge in [-0.2, -0.15) is 0 Å². The Morgan fingerprint density at radius 3 is 2.53 bits per heavy atom. The summed E-state index contributed by atoms with van der Waals surface area (Å²) in [6, 6.07) is 7.40. The fourth-order valence-electron chi connectivity index (χ4n) is 1.04. The first-order valence-electron chi connectivity index (χ1n) is 3.61. The molecule has 0 aliphatic carbocycles. The van der Waals surface area contributed by atoms with E-state index in [1.165, 1.54) is 11.5 Å². The van der Waals surface area contributed by atoms with Crippen molar-refractivity contribution in [2.45, 2.75) is 0 Å². The lowest BCUT2D eigenvalue weighted by Crippen LogP contribution is -1.85. The summed E-state index contributed by atoms with van der Waals surface area (Å²) < 4.78 is 4.34. The Bertz CT molecular complexity index is 433. The average Bonchev–Trinajstić information content (AvgIpc) is 2.51. The van der Waals surface area contributed by atoms with Crippen molar-refractivity contribution in [2.24, 2.45) is 0 Å². The molecule has 0 fully saturated rings. The molecule has 0 aliphatic rings. The minimum atomic E-state index is 0. The molecule has 3 nitrogen and oxygen atoms in total. The zero-order chi connectivity index (χ0) is 9.26. The molecule has 0 radical (unpaired) electrons. The Balaban J connectivity index is 0.000000980. The van der Waals surface area contributed by atoms with Gasteiger partial charge < -0.3 is 5.73 Å². The number of benzene rings is 1. The van der Waals surface area contributed by atoms with E-state index < -0.39 is 0 Å². The predicted molar refractivity (Wildman–Crippen MR) is 69.3 cm³/mol. The highest BCUT2D eigenvalue weighted by Crippen LogP contribution is 2.28. The van der Waals surface area contributed by atoms with Crippen LogP contribution in [0.4, 0.5) is 5.69 Å². The van der Waals surface area contributed by atoms with Gasteiger partial charge in [-0.05, 0) is 12.1 Å². The Morgan fingerprint density at radius 2 is 2.00 bits per heavy atom. The quantitative estimate of drug-likeness (QED) is 0.818. The number of rotatable bonds is 1. The van der Waals surface area contributed by atoms with Crippen LogP contribution in [0.15, 0.2) is 24.3 Å². The van der Waals surface area contributed by atoms with Crippen molar-refractivity contribution in [2.75, 3.05) is 5.73 Å². The average molecular weight is 285 g/mol. The summed E-state index contributed by atoms with van der Waals surface area (Å²) in [6.07, 6.45) is 0. The van der Waals surface area contributed by atoms with Crippen molar-refractivity contribution in [1.82, 2.24) is 9.59 Å². The van der Waals surface area contributed by atoms with Crippen LogP contribution in [0.2, 0.25) is 4.34 Å². The number of aromatic nitrogens is 2. The van der Waals surface area contributed by atoms with Crippen LogP contribution in [-0.4, -0.2) is 9.59 Å². The minimum absolute atomic E-state index is 0. The normalized spacial score (nSPS) is 8.87. The Hall–Kier alpha value is -0.550. The van der Waals surface area contributed by atoms with E-state index in [0.29, 0.717) is 15.7 Å². The van der Waals surface area contributed by atoms with Gasteiger partial charge in [0.15, 0.2) is 0 Å². The van der Waals surface area contributed by atoms with Gasteiger partial charge in [0.25, 0.3) is 0 Å². The van der Waals surface area contributed by atoms with E-state index in [9.17, 15) is 0 Å². The van der Waals surface area contributed by atoms with Gasteiger partial charge >= 0.3 is 0 Å². The second-order valence-corrected chi connectivity index (χ2v) is 3.88. The maximum atomic E-state index is 5.88. The Morgan fingerprint density at radius 1 is 1.27 bits per heavy atom. The summed E-state index contributed by atoms with van der Waals surface area (Å²) in [7, 11) is 0. The van der Waals surface area contributed by atoms with Gasteiger partial charge in [0.05, 0.1) is 0 Å². The van der Waals surface area contributed by atoms with Crippen molar-refractivity contribution in [1.29, 1.82) is 0 Å². The molecule has 1 heterocycles. The van der Waals surface area contributed by atoms with Crippen LogP contribution >= 0.6 is 47.9 Å². The van der Waals surface area contributed by atoms with Crippen molar-refractivity contribution >= 4 is 53.6 Å². The summed E-state index contributed by atoms with van der Waals surface area (Å²) in [5.41, 5.74) is 7.92. The highest BCUT2D eigenvalue weighted by molar-refractivity contribution is 7.10. The van der Waals surface area contributed by atoms with Gasteiger partial charge in [-0.3, -0.25) is 0 Å². The molecule has 2 rings (SSSR count). The molecule has 82 valence electrons. The molecule has 2 N–H and O–H groups in total. The fraction of sp³-hybridized carbons (Fsp3) is 0. The van der Waals surface area contributed by atoms with Crippen LogP contribution in [0.5, 0.6) is 0 Å². The number of anilines is 1. The van der Waals surface area contributed by atoms with Crippen molar-refractivity contribution in [3.05, 3.63) is 28.6 Å². The molecule has 2 aromatic rings. The summed E-state index contributed by atoms with van der Waals surface area (Å²) in [5, 5.41) is 3.91. The van der Waals surface area contributed by atoms with Crippen molar-refractivity contribution in [3.8, 4) is 11.3 Å².